The van der Waals surface area contributed by atoms with Crippen LogP contribution in [0.5, 0.6) is 0 Å². The predicted octanol–water partition coefficient (Wildman–Crippen LogP) is 1.56. The molecule has 1 aliphatic heterocycles. The Balaban J connectivity index is 1.83. The number of anilines is 1. The fraction of sp³-hybridized carbons (Fsp3) is 0.571. The molecular formula is C14H19FN2O3S. The van der Waals surface area contributed by atoms with Crippen molar-refractivity contribution >= 4 is 15.7 Å². The number of sulfonamides is 1. The van der Waals surface area contributed by atoms with Gasteiger partial charge < -0.3 is 10.5 Å². The zero-order valence-electron chi connectivity index (χ0n) is 11.8. The molecule has 5 nitrogen and oxygen atoms in total. The van der Waals surface area contributed by atoms with E-state index >= 15 is 0 Å². The van der Waals surface area contributed by atoms with Gasteiger partial charge >= 0.3 is 0 Å². The molecule has 1 aromatic rings. The summed E-state index contributed by atoms with van der Waals surface area (Å²) >= 11 is 0. The van der Waals surface area contributed by atoms with Gasteiger partial charge in [0.1, 0.15) is 5.82 Å². The highest BCUT2D eigenvalue weighted by Gasteiger charge is 2.42. The van der Waals surface area contributed by atoms with Crippen molar-refractivity contribution in [2.24, 2.45) is 5.92 Å². The molecule has 7 heteroatoms. The van der Waals surface area contributed by atoms with E-state index in [0.717, 1.165) is 18.9 Å². The van der Waals surface area contributed by atoms with Crippen LogP contribution in [0.2, 0.25) is 0 Å². The topological polar surface area (TPSA) is 81.4 Å². The van der Waals surface area contributed by atoms with Crippen LogP contribution in [-0.2, 0) is 14.8 Å². The van der Waals surface area contributed by atoms with Gasteiger partial charge in [0.2, 0.25) is 10.0 Å². The van der Waals surface area contributed by atoms with E-state index in [0.29, 0.717) is 18.9 Å². The van der Waals surface area contributed by atoms with Crippen molar-refractivity contribution in [3.8, 4) is 0 Å². The lowest BCUT2D eigenvalue weighted by Gasteiger charge is -2.19. The summed E-state index contributed by atoms with van der Waals surface area (Å²) in [6, 6.07) is 2.06. The Morgan fingerprint density at radius 2 is 2.05 bits per heavy atom. The van der Waals surface area contributed by atoms with E-state index in [-0.39, 0.29) is 28.3 Å². The summed E-state index contributed by atoms with van der Waals surface area (Å²) in [5.41, 5.74) is 6.05. The van der Waals surface area contributed by atoms with Gasteiger partial charge in [-0.2, -0.15) is 0 Å². The first-order valence-electron chi connectivity index (χ1n) is 7.08. The number of ether oxygens (including phenoxy) is 1. The van der Waals surface area contributed by atoms with Crippen LogP contribution in [0.3, 0.4) is 0 Å². The highest BCUT2D eigenvalue weighted by Crippen LogP contribution is 2.39. The summed E-state index contributed by atoms with van der Waals surface area (Å²) in [5.74, 6) is -0.170. The van der Waals surface area contributed by atoms with Crippen LogP contribution < -0.4 is 10.5 Å². The minimum absolute atomic E-state index is 0.0626. The van der Waals surface area contributed by atoms with E-state index < -0.39 is 15.8 Å². The van der Waals surface area contributed by atoms with Crippen LogP contribution in [0.1, 0.15) is 24.8 Å². The summed E-state index contributed by atoms with van der Waals surface area (Å²) in [7, 11) is -3.79. The summed E-state index contributed by atoms with van der Waals surface area (Å²) in [6.07, 6.45) is 2.74. The molecule has 2 unspecified atom stereocenters. The fourth-order valence-electron chi connectivity index (χ4n) is 2.72. The first-order valence-corrected chi connectivity index (χ1v) is 8.56. The van der Waals surface area contributed by atoms with Gasteiger partial charge in [0, 0.05) is 17.9 Å². The second kappa shape index (κ2) is 5.23. The first kappa shape index (κ1) is 14.7. The van der Waals surface area contributed by atoms with E-state index in [1.165, 1.54) is 13.0 Å². The van der Waals surface area contributed by atoms with Crippen LogP contribution >= 0.6 is 0 Å². The summed E-state index contributed by atoms with van der Waals surface area (Å²) < 4.78 is 46.8. The molecule has 0 aromatic heterocycles. The van der Waals surface area contributed by atoms with Crippen molar-refractivity contribution < 1.29 is 17.5 Å². The van der Waals surface area contributed by atoms with Gasteiger partial charge in [0.05, 0.1) is 17.0 Å². The van der Waals surface area contributed by atoms with Gasteiger partial charge in [0.15, 0.2) is 0 Å². The van der Waals surface area contributed by atoms with Crippen molar-refractivity contribution in [3.05, 3.63) is 23.5 Å². The average molecular weight is 314 g/mol. The molecular weight excluding hydrogens is 295 g/mol. The van der Waals surface area contributed by atoms with Crippen LogP contribution in [0, 0.1) is 18.7 Å². The molecule has 0 radical (unpaired) electrons. The van der Waals surface area contributed by atoms with E-state index in [2.05, 4.69) is 4.72 Å². The maximum atomic E-state index is 13.7. The smallest absolute Gasteiger partial charge is 0.241 e. The molecule has 1 aliphatic carbocycles. The van der Waals surface area contributed by atoms with Crippen molar-refractivity contribution in [1.82, 2.24) is 4.72 Å². The Bertz CT molecular complexity index is 635. The molecule has 0 bridgehead atoms. The second-order valence-corrected chi connectivity index (χ2v) is 7.52. The van der Waals surface area contributed by atoms with E-state index in [1.807, 2.05) is 0 Å². The molecule has 2 fully saturated rings. The molecule has 0 spiro atoms. The number of hydrogen-bond acceptors (Lipinski definition) is 4. The van der Waals surface area contributed by atoms with Crippen LogP contribution in [-0.4, -0.2) is 27.2 Å². The highest BCUT2D eigenvalue weighted by atomic mass is 32.2. The molecule has 1 saturated heterocycles. The summed E-state index contributed by atoms with van der Waals surface area (Å²) in [6.45, 7) is 2.07. The largest absolute Gasteiger partial charge is 0.398 e. The molecule has 21 heavy (non-hydrogen) atoms. The Morgan fingerprint density at radius 1 is 1.33 bits per heavy atom. The number of hydrogen-bond donors (Lipinski definition) is 2. The number of rotatable bonds is 4. The van der Waals surface area contributed by atoms with Crippen LogP contribution in [0.15, 0.2) is 17.0 Å². The summed E-state index contributed by atoms with van der Waals surface area (Å²) in [5, 5.41) is 0. The zero-order valence-corrected chi connectivity index (χ0v) is 12.6. The van der Waals surface area contributed by atoms with Crippen molar-refractivity contribution in [2.75, 3.05) is 12.3 Å². The zero-order chi connectivity index (χ0) is 15.2. The molecule has 1 saturated carbocycles. The van der Waals surface area contributed by atoms with Crippen LogP contribution in [0.25, 0.3) is 0 Å². The van der Waals surface area contributed by atoms with Crippen molar-refractivity contribution in [3.63, 3.8) is 0 Å². The lowest BCUT2D eigenvalue weighted by atomic mass is 10.1. The molecule has 3 rings (SSSR count). The number of nitrogens with one attached hydrogen (secondary N) is 1. The van der Waals surface area contributed by atoms with E-state index in [4.69, 9.17) is 10.5 Å². The Labute approximate surface area is 123 Å². The molecule has 1 aromatic carbocycles. The molecule has 1 heterocycles. The maximum absolute atomic E-state index is 13.7. The minimum Gasteiger partial charge on any atom is -0.398 e. The lowest BCUT2D eigenvalue weighted by molar-refractivity contribution is 0.0848. The second-order valence-electron chi connectivity index (χ2n) is 5.81. The van der Waals surface area contributed by atoms with Crippen LogP contribution in [0.4, 0.5) is 10.1 Å². The summed E-state index contributed by atoms with van der Waals surface area (Å²) in [4.78, 5) is -0.135. The highest BCUT2D eigenvalue weighted by molar-refractivity contribution is 7.89. The van der Waals surface area contributed by atoms with Gasteiger partial charge in [-0.1, -0.05) is 0 Å². The van der Waals surface area contributed by atoms with Gasteiger partial charge in [0.25, 0.3) is 0 Å². The lowest BCUT2D eigenvalue weighted by Crippen LogP contribution is -2.41. The quantitative estimate of drug-likeness (QED) is 0.827. The van der Waals surface area contributed by atoms with E-state index in [9.17, 15) is 12.8 Å². The van der Waals surface area contributed by atoms with Gasteiger partial charge in [-0.15, -0.1) is 0 Å². The minimum atomic E-state index is -3.79. The number of nitrogens with two attached hydrogens (primary N) is 1. The molecule has 0 amide bonds. The van der Waals surface area contributed by atoms with E-state index in [1.54, 1.807) is 0 Å². The number of halogens is 1. The third-order valence-electron chi connectivity index (χ3n) is 4.20. The molecule has 3 N–H and O–H groups in total. The molecule has 2 atom stereocenters. The van der Waals surface area contributed by atoms with Crippen molar-refractivity contribution in [1.29, 1.82) is 0 Å². The SMILES string of the molecule is Cc1c(N)cc(S(=O)(=O)NC2CCOC2C2CC2)cc1F. The Hall–Kier alpha value is -1.18. The predicted molar refractivity (Wildman–Crippen MR) is 76.7 cm³/mol. The molecule has 2 aliphatic rings. The third-order valence-corrected chi connectivity index (χ3v) is 5.67. The van der Waals surface area contributed by atoms with Gasteiger partial charge in [-0.05, 0) is 44.2 Å². The molecule has 116 valence electrons. The Morgan fingerprint density at radius 3 is 2.67 bits per heavy atom. The Kier molecular flexibility index (Phi) is 3.67. The first-order chi connectivity index (χ1) is 9.88. The standard InChI is InChI=1S/C14H19FN2O3S/c1-8-11(15)6-10(7-12(8)16)21(18,19)17-13-4-5-20-14(13)9-2-3-9/h6-7,9,13-14,17H,2-5,16H2,1H3. The fourth-order valence-corrected chi connectivity index (χ4v) is 4.05. The third kappa shape index (κ3) is 2.90. The number of nitrogen functional groups attached to an aromatic ring is 1. The van der Waals surface area contributed by atoms with Gasteiger partial charge in [-0.3, -0.25) is 0 Å². The average Bonchev–Trinajstić information content (AvgIpc) is 3.16. The number of benzene rings is 1. The van der Waals surface area contributed by atoms with Gasteiger partial charge in [-0.25, -0.2) is 17.5 Å². The van der Waals surface area contributed by atoms with Crippen molar-refractivity contribution in [2.45, 2.75) is 43.2 Å². The normalized spacial score (nSPS) is 26.2. The monoisotopic (exact) mass is 314 g/mol. The maximum Gasteiger partial charge on any atom is 0.241 e.